The number of hydrogen-bond acceptors (Lipinski definition) is 6. The van der Waals surface area contributed by atoms with Gasteiger partial charge in [0.15, 0.2) is 5.17 Å². The molecule has 0 spiro atoms. The number of rotatable bonds is 5. The van der Waals surface area contributed by atoms with E-state index in [0.717, 1.165) is 11.3 Å². The number of aliphatic imine (C=N–C) groups is 1. The monoisotopic (exact) mass is 427 g/mol. The molecule has 1 heterocycles. The molecule has 0 aromatic heterocycles. The molecule has 0 bridgehead atoms. The van der Waals surface area contributed by atoms with E-state index in [9.17, 15) is 10.1 Å². The summed E-state index contributed by atoms with van der Waals surface area (Å²) in [4.78, 5) is 19.1. The lowest BCUT2D eigenvalue weighted by Crippen LogP contribution is -2.31. The second-order valence-corrected chi connectivity index (χ2v) is 7.76. The van der Waals surface area contributed by atoms with Crippen molar-refractivity contribution in [3.8, 4) is 17.6 Å². The number of carbonyl (C=O) groups excluding carboxylic acids is 1. The Kier molecular flexibility index (Phi) is 6.47. The number of nitriles is 1. The summed E-state index contributed by atoms with van der Waals surface area (Å²) >= 11 is 7.33. The second-order valence-electron chi connectivity index (χ2n) is 6.05. The number of amides is 1. The van der Waals surface area contributed by atoms with Gasteiger partial charge in [-0.3, -0.25) is 9.69 Å². The van der Waals surface area contributed by atoms with Gasteiger partial charge in [0.2, 0.25) is 0 Å². The first-order valence-electron chi connectivity index (χ1n) is 8.65. The summed E-state index contributed by atoms with van der Waals surface area (Å²) in [6.45, 7) is 1.75. The van der Waals surface area contributed by atoms with E-state index in [0.29, 0.717) is 21.6 Å². The van der Waals surface area contributed by atoms with Gasteiger partial charge in [-0.05, 0) is 42.8 Å². The predicted molar refractivity (Wildman–Crippen MR) is 117 cm³/mol. The average molecular weight is 428 g/mol. The molecular formula is C21H18ClN3O3S. The molecule has 3 rings (SSSR count). The van der Waals surface area contributed by atoms with Crippen molar-refractivity contribution < 1.29 is 14.3 Å². The summed E-state index contributed by atoms with van der Waals surface area (Å²) in [7, 11) is 3.10. The Bertz CT molecular complexity index is 1030. The highest BCUT2D eigenvalue weighted by atomic mass is 35.5. The number of ether oxygens (including phenoxy) is 2. The molecule has 1 aliphatic rings. The van der Waals surface area contributed by atoms with Crippen LogP contribution in [0.2, 0.25) is 5.02 Å². The minimum atomic E-state index is -0.376. The van der Waals surface area contributed by atoms with Crippen LogP contribution in [-0.4, -0.2) is 30.5 Å². The van der Waals surface area contributed by atoms with E-state index in [4.69, 9.17) is 21.1 Å². The van der Waals surface area contributed by atoms with Crippen LogP contribution in [0.4, 0.5) is 5.69 Å². The number of carbonyl (C=O) groups is 1. The molecule has 29 heavy (non-hydrogen) atoms. The van der Waals surface area contributed by atoms with Gasteiger partial charge in [0.1, 0.15) is 17.2 Å². The number of halogens is 1. The zero-order valence-electron chi connectivity index (χ0n) is 16.0. The van der Waals surface area contributed by atoms with Crippen molar-refractivity contribution in [2.24, 2.45) is 4.99 Å². The summed E-state index contributed by atoms with van der Waals surface area (Å²) in [6.07, 6.45) is 1.70. The van der Waals surface area contributed by atoms with Crippen molar-refractivity contribution >= 4 is 46.2 Å². The predicted octanol–water partition coefficient (Wildman–Crippen LogP) is 4.75. The summed E-state index contributed by atoms with van der Waals surface area (Å²) in [5, 5.41) is 9.68. The van der Waals surface area contributed by atoms with Gasteiger partial charge >= 0.3 is 0 Å². The molecule has 1 aliphatic heterocycles. The molecule has 0 fully saturated rings. The summed E-state index contributed by atoms with van der Waals surface area (Å²) < 4.78 is 10.4. The minimum Gasteiger partial charge on any atom is -0.497 e. The highest BCUT2D eigenvalue weighted by molar-refractivity contribution is 8.15. The molecule has 6 nitrogen and oxygen atoms in total. The van der Waals surface area contributed by atoms with Gasteiger partial charge in [0.05, 0.1) is 36.2 Å². The largest absolute Gasteiger partial charge is 0.497 e. The Morgan fingerprint density at radius 3 is 2.55 bits per heavy atom. The lowest BCUT2D eigenvalue weighted by Gasteiger charge is -2.19. The topological polar surface area (TPSA) is 74.9 Å². The van der Waals surface area contributed by atoms with Crippen molar-refractivity contribution in [3.63, 3.8) is 0 Å². The maximum atomic E-state index is 13.1. The van der Waals surface area contributed by atoms with Crippen LogP contribution in [0.5, 0.6) is 11.5 Å². The van der Waals surface area contributed by atoms with Crippen LogP contribution in [-0.2, 0) is 4.79 Å². The average Bonchev–Trinajstić information content (AvgIpc) is 3.03. The third-order valence-corrected chi connectivity index (χ3v) is 5.36. The van der Waals surface area contributed by atoms with E-state index < -0.39 is 0 Å². The van der Waals surface area contributed by atoms with Crippen LogP contribution in [0, 0.1) is 11.3 Å². The van der Waals surface area contributed by atoms with Crippen molar-refractivity contribution in [2.75, 3.05) is 19.1 Å². The molecule has 0 N–H and O–H groups in total. The Hall–Kier alpha value is -2.95. The zero-order chi connectivity index (χ0) is 21.0. The van der Waals surface area contributed by atoms with Crippen LogP contribution in [0.25, 0.3) is 6.08 Å². The lowest BCUT2D eigenvalue weighted by atomic mass is 10.2. The number of thioether (sulfide) groups is 1. The summed E-state index contributed by atoms with van der Waals surface area (Å²) in [6, 6.07) is 14.5. The lowest BCUT2D eigenvalue weighted by molar-refractivity contribution is -0.113. The summed E-state index contributed by atoms with van der Waals surface area (Å²) in [5.74, 6) is 0.877. The van der Waals surface area contributed by atoms with Crippen LogP contribution in [0.1, 0.15) is 12.5 Å². The number of methoxy groups -OCH3 is 2. The SMILES string of the molecule is COc1ccc(/C=C2\N=C(SC(C)C#N)N(c3ccc(Cl)c(OC)c3)C2=O)cc1. The maximum absolute atomic E-state index is 13.1. The van der Waals surface area contributed by atoms with Crippen LogP contribution in [0.15, 0.2) is 53.2 Å². The van der Waals surface area contributed by atoms with Gasteiger partial charge in [-0.1, -0.05) is 35.5 Å². The first kappa shape index (κ1) is 20.8. The number of benzene rings is 2. The molecule has 8 heteroatoms. The van der Waals surface area contributed by atoms with E-state index in [-0.39, 0.29) is 16.9 Å². The van der Waals surface area contributed by atoms with Gasteiger partial charge in [-0.2, -0.15) is 5.26 Å². The van der Waals surface area contributed by atoms with Crippen LogP contribution in [0.3, 0.4) is 0 Å². The molecule has 2 aromatic carbocycles. The normalized spacial score (nSPS) is 15.8. The van der Waals surface area contributed by atoms with Gasteiger partial charge in [0.25, 0.3) is 5.91 Å². The third kappa shape index (κ3) is 4.56. The maximum Gasteiger partial charge on any atom is 0.283 e. The fourth-order valence-corrected chi connectivity index (χ4v) is 3.64. The molecule has 0 radical (unpaired) electrons. The highest BCUT2D eigenvalue weighted by Crippen LogP contribution is 2.35. The molecule has 1 amide bonds. The van der Waals surface area contributed by atoms with E-state index in [1.807, 2.05) is 24.3 Å². The second kappa shape index (κ2) is 9.03. The molecule has 0 aliphatic carbocycles. The van der Waals surface area contributed by atoms with E-state index in [2.05, 4.69) is 11.1 Å². The fourth-order valence-electron chi connectivity index (χ4n) is 2.63. The fraction of sp³-hybridized carbons (Fsp3) is 0.190. The Labute approximate surface area is 178 Å². The van der Waals surface area contributed by atoms with Crippen molar-refractivity contribution in [1.82, 2.24) is 0 Å². The van der Waals surface area contributed by atoms with Crippen LogP contribution >= 0.6 is 23.4 Å². The Morgan fingerprint density at radius 2 is 1.93 bits per heavy atom. The summed E-state index contributed by atoms with van der Waals surface area (Å²) in [5.41, 5.74) is 1.65. The minimum absolute atomic E-state index is 0.275. The standard InChI is InChI=1S/C21H18ClN3O3S/c1-13(12-23)29-21-24-18(10-14-4-7-16(27-2)8-5-14)20(26)25(21)15-6-9-17(22)19(11-15)28-3/h4-11,13H,1-3H3/b18-10-. The zero-order valence-corrected chi connectivity index (χ0v) is 17.6. The first-order chi connectivity index (χ1) is 14.0. The highest BCUT2D eigenvalue weighted by Gasteiger charge is 2.33. The molecule has 0 saturated heterocycles. The number of nitrogens with zero attached hydrogens (tertiary/aromatic N) is 3. The first-order valence-corrected chi connectivity index (χ1v) is 9.91. The Morgan fingerprint density at radius 1 is 1.21 bits per heavy atom. The van der Waals surface area contributed by atoms with E-state index in [1.54, 1.807) is 38.3 Å². The molecular weight excluding hydrogens is 410 g/mol. The quantitative estimate of drug-likeness (QED) is 0.644. The van der Waals surface area contributed by atoms with Gasteiger partial charge in [-0.15, -0.1) is 0 Å². The van der Waals surface area contributed by atoms with Gasteiger partial charge in [0, 0.05) is 6.07 Å². The molecule has 1 unspecified atom stereocenters. The molecule has 0 saturated carbocycles. The van der Waals surface area contributed by atoms with Crippen molar-refractivity contribution in [1.29, 1.82) is 5.26 Å². The number of anilines is 1. The third-order valence-electron chi connectivity index (χ3n) is 4.11. The smallest absolute Gasteiger partial charge is 0.283 e. The molecule has 1 atom stereocenters. The molecule has 148 valence electrons. The number of amidine groups is 1. The van der Waals surface area contributed by atoms with Crippen LogP contribution < -0.4 is 14.4 Å². The van der Waals surface area contributed by atoms with Crippen molar-refractivity contribution in [2.45, 2.75) is 12.2 Å². The van der Waals surface area contributed by atoms with E-state index in [1.165, 1.54) is 23.8 Å². The Balaban J connectivity index is 2.01. The number of hydrogen-bond donors (Lipinski definition) is 0. The molecule has 2 aromatic rings. The van der Waals surface area contributed by atoms with Gasteiger partial charge in [-0.25, -0.2) is 4.99 Å². The van der Waals surface area contributed by atoms with Gasteiger partial charge < -0.3 is 9.47 Å². The van der Waals surface area contributed by atoms with E-state index >= 15 is 0 Å². The van der Waals surface area contributed by atoms with Crippen molar-refractivity contribution in [3.05, 3.63) is 58.7 Å².